The highest BCUT2D eigenvalue weighted by atomic mass is 16.5. The minimum atomic E-state index is -1.18. The van der Waals surface area contributed by atoms with E-state index in [1.165, 1.54) is 7.11 Å². The molecule has 1 heterocycles. The van der Waals surface area contributed by atoms with Crippen molar-refractivity contribution in [2.24, 2.45) is 5.92 Å². The molecule has 0 saturated heterocycles. The number of amides is 1. The van der Waals surface area contributed by atoms with Gasteiger partial charge in [-0.25, -0.2) is 9.78 Å². The lowest BCUT2D eigenvalue weighted by atomic mass is 10.00. The molecule has 0 atom stereocenters. The van der Waals surface area contributed by atoms with E-state index in [-0.39, 0.29) is 17.3 Å². The summed E-state index contributed by atoms with van der Waals surface area (Å²) in [5.41, 5.74) is 1.16. The van der Waals surface area contributed by atoms with E-state index in [9.17, 15) is 14.7 Å². The summed E-state index contributed by atoms with van der Waals surface area (Å²) < 4.78 is 5.02. The van der Waals surface area contributed by atoms with Crippen LogP contribution in [-0.2, 0) is 4.74 Å². The Labute approximate surface area is 141 Å². The van der Waals surface area contributed by atoms with Gasteiger partial charge in [0, 0.05) is 12.1 Å². The summed E-state index contributed by atoms with van der Waals surface area (Å²) >= 11 is 0. The number of nitrogens with zero attached hydrogens (tertiary/aromatic N) is 1. The van der Waals surface area contributed by atoms with Crippen molar-refractivity contribution in [3.8, 4) is 0 Å². The fourth-order valence-corrected chi connectivity index (χ4v) is 2.28. The lowest BCUT2D eigenvalue weighted by molar-refractivity contribution is 0.0690. The molecular formula is C18H22N2O4. The molecule has 0 radical (unpaired) electrons. The summed E-state index contributed by atoms with van der Waals surface area (Å²) in [6.45, 7) is 6.23. The number of aromatic nitrogens is 1. The van der Waals surface area contributed by atoms with Crippen molar-refractivity contribution >= 4 is 17.4 Å². The zero-order valence-corrected chi connectivity index (χ0v) is 14.0. The zero-order chi connectivity index (χ0) is 17.7. The van der Waals surface area contributed by atoms with Gasteiger partial charge in [0.15, 0.2) is 5.69 Å². The molecule has 6 nitrogen and oxygen atoms in total. The van der Waals surface area contributed by atoms with Gasteiger partial charge in [-0.3, -0.25) is 4.79 Å². The van der Waals surface area contributed by atoms with Gasteiger partial charge >= 0.3 is 5.97 Å². The van der Waals surface area contributed by atoms with Gasteiger partial charge in [0.1, 0.15) is 11.5 Å². The first-order chi connectivity index (χ1) is 11.5. The molecule has 1 fully saturated rings. The molecule has 2 N–H and O–H groups in total. The minimum Gasteiger partial charge on any atom is -0.497 e. The van der Waals surface area contributed by atoms with E-state index in [2.05, 4.69) is 16.9 Å². The second-order valence-electron chi connectivity index (χ2n) is 5.74. The Morgan fingerprint density at radius 2 is 2.17 bits per heavy atom. The summed E-state index contributed by atoms with van der Waals surface area (Å²) in [5.74, 6) is -0.556. The fourth-order valence-electron chi connectivity index (χ4n) is 2.28. The summed E-state index contributed by atoms with van der Waals surface area (Å²) in [7, 11) is 1.50. The van der Waals surface area contributed by atoms with Gasteiger partial charge in [-0.1, -0.05) is 13.5 Å². The fraction of sp³-hybridized carbons (Fsp3) is 0.389. The minimum absolute atomic E-state index is 0.109. The molecule has 1 aliphatic rings. The van der Waals surface area contributed by atoms with Gasteiger partial charge in [0.25, 0.3) is 5.91 Å². The average molecular weight is 330 g/mol. The maximum absolute atomic E-state index is 12.1. The molecule has 0 aliphatic heterocycles. The molecule has 0 spiro atoms. The Morgan fingerprint density at radius 1 is 1.46 bits per heavy atom. The predicted molar refractivity (Wildman–Crippen MR) is 90.7 cm³/mol. The van der Waals surface area contributed by atoms with Crippen molar-refractivity contribution in [2.75, 3.05) is 13.7 Å². The van der Waals surface area contributed by atoms with Crippen LogP contribution in [0.2, 0.25) is 0 Å². The molecule has 1 aliphatic carbocycles. The van der Waals surface area contributed by atoms with E-state index in [0.717, 1.165) is 18.4 Å². The number of carbonyl (C=O) groups is 2. The lowest BCUT2D eigenvalue weighted by Gasteiger charge is -2.11. The Hall–Kier alpha value is -2.63. The van der Waals surface area contributed by atoms with E-state index in [1.807, 2.05) is 6.92 Å². The molecule has 128 valence electrons. The largest absolute Gasteiger partial charge is 0.497 e. The van der Waals surface area contributed by atoms with Crippen molar-refractivity contribution in [2.45, 2.75) is 26.2 Å². The Morgan fingerprint density at radius 3 is 2.71 bits per heavy atom. The van der Waals surface area contributed by atoms with Crippen LogP contribution in [0.5, 0.6) is 0 Å². The quantitative estimate of drug-likeness (QED) is 0.565. The first-order valence-electron chi connectivity index (χ1n) is 7.92. The third-order valence-corrected chi connectivity index (χ3v) is 3.90. The summed E-state index contributed by atoms with van der Waals surface area (Å²) in [4.78, 5) is 27.7. The van der Waals surface area contributed by atoms with Gasteiger partial charge in [-0.2, -0.15) is 0 Å². The maximum Gasteiger partial charge on any atom is 0.355 e. The number of hydrogen-bond acceptors (Lipinski definition) is 4. The van der Waals surface area contributed by atoms with Crippen LogP contribution in [-0.4, -0.2) is 35.6 Å². The zero-order valence-electron chi connectivity index (χ0n) is 14.0. The summed E-state index contributed by atoms with van der Waals surface area (Å²) in [5, 5.41) is 12.2. The molecule has 1 aromatic heterocycles. The van der Waals surface area contributed by atoms with Crippen LogP contribution in [0.3, 0.4) is 0 Å². The van der Waals surface area contributed by atoms with Crippen molar-refractivity contribution in [3.63, 3.8) is 0 Å². The number of carboxylic acids is 1. The molecule has 0 bridgehead atoms. The predicted octanol–water partition coefficient (Wildman–Crippen LogP) is 2.87. The third kappa shape index (κ3) is 4.44. The van der Waals surface area contributed by atoms with Crippen LogP contribution >= 0.6 is 0 Å². The van der Waals surface area contributed by atoms with Gasteiger partial charge in [-0.15, -0.1) is 0 Å². The standard InChI is InChI=1S/C18H22N2O4/c1-4-13(9-11(2)24-3)14-7-8-15(20-16(14)18(22)23)17(21)19-10-12-5-6-12/h7-9,12H,2,4-6,10H2,1,3H3,(H,19,21)(H,22,23)/b13-9+. The number of carboxylic acid groups (broad SMARTS) is 1. The van der Waals surface area contributed by atoms with E-state index >= 15 is 0 Å². The van der Waals surface area contributed by atoms with Crippen molar-refractivity contribution in [3.05, 3.63) is 47.5 Å². The Balaban J connectivity index is 2.31. The first-order valence-corrected chi connectivity index (χ1v) is 7.92. The smallest absolute Gasteiger partial charge is 0.355 e. The molecule has 1 amide bonds. The number of aromatic carboxylic acids is 1. The molecule has 0 unspecified atom stereocenters. The number of nitrogens with one attached hydrogen (secondary N) is 1. The maximum atomic E-state index is 12.1. The second-order valence-corrected chi connectivity index (χ2v) is 5.74. The molecule has 24 heavy (non-hydrogen) atoms. The van der Waals surface area contributed by atoms with Gasteiger partial charge in [0.05, 0.1) is 7.11 Å². The average Bonchev–Trinajstić information content (AvgIpc) is 3.41. The third-order valence-electron chi connectivity index (χ3n) is 3.90. The van der Waals surface area contributed by atoms with Crippen LogP contribution in [0.25, 0.3) is 5.57 Å². The normalized spacial score (nSPS) is 14.2. The summed E-state index contributed by atoms with van der Waals surface area (Å²) in [6.07, 6.45) is 4.51. The van der Waals surface area contributed by atoms with E-state index in [0.29, 0.717) is 30.2 Å². The Kier molecular flexibility index (Phi) is 5.73. The number of ether oxygens (including phenoxy) is 1. The van der Waals surface area contributed by atoms with E-state index in [1.54, 1.807) is 18.2 Å². The highest BCUT2D eigenvalue weighted by Gasteiger charge is 2.23. The molecular weight excluding hydrogens is 308 g/mol. The molecule has 2 rings (SSSR count). The van der Waals surface area contributed by atoms with Gasteiger partial charge in [0.2, 0.25) is 0 Å². The molecule has 6 heteroatoms. The molecule has 1 aromatic rings. The SMILES string of the molecule is C=C(/C=C(\CC)c1ccc(C(=O)NCC2CC2)nc1C(=O)O)OC. The number of rotatable bonds is 8. The van der Waals surface area contributed by atoms with E-state index in [4.69, 9.17) is 4.74 Å². The second kappa shape index (κ2) is 7.77. The van der Waals surface area contributed by atoms with Gasteiger partial charge < -0.3 is 15.2 Å². The highest BCUT2D eigenvalue weighted by Crippen LogP contribution is 2.27. The van der Waals surface area contributed by atoms with Crippen molar-refractivity contribution < 1.29 is 19.4 Å². The number of allylic oxidation sites excluding steroid dienone is 2. The van der Waals surface area contributed by atoms with Crippen molar-refractivity contribution in [1.29, 1.82) is 0 Å². The lowest BCUT2D eigenvalue weighted by Crippen LogP contribution is -2.27. The van der Waals surface area contributed by atoms with Crippen LogP contribution in [0.4, 0.5) is 0 Å². The number of carbonyl (C=O) groups excluding carboxylic acids is 1. The summed E-state index contributed by atoms with van der Waals surface area (Å²) in [6, 6.07) is 3.16. The van der Waals surface area contributed by atoms with Crippen LogP contribution < -0.4 is 5.32 Å². The molecule has 0 aromatic carbocycles. The molecule has 1 saturated carbocycles. The number of hydrogen-bond donors (Lipinski definition) is 2. The van der Waals surface area contributed by atoms with Crippen molar-refractivity contribution in [1.82, 2.24) is 10.3 Å². The van der Waals surface area contributed by atoms with Crippen LogP contribution in [0, 0.1) is 5.92 Å². The van der Waals surface area contributed by atoms with Gasteiger partial charge in [-0.05, 0) is 49.0 Å². The highest BCUT2D eigenvalue weighted by molar-refractivity contribution is 5.97. The monoisotopic (exact) mass is 330 g/mol. The number of methoxy groups -OCH3 is 1. The first kappa shape index (κ1) is 17.7. The van der Waals surface area contributed by atoms with E-state index < -0.39 is 5.97 Å². The topological polar surface area (TPSA) is 88.5 Å². The van der Waals surface area contributed by atoms with Crippen LogP contribution in [0.1, 0.15) is 52.7 Å². The Bertz CT molecular complexity index is 690. The van der Waals surface area contributed by atoms with Crippen LogP contribution in [0.15, 0.2) is 30.5 Å². The number of pyridine rings is 1.